The summed E-state index contributed by atoms with van der Waals surface area (Å²) in [7, 11) is 0. The summed E-state index contributed by atoms with van der Waals surface area (Å²) in [5.74, 6) is 0.450. The third-order valence-electron chi connectivity index (χ3n) is 4.24. The molecule has 3 heterocycles. The van der Waals surface area contributed by atoms with Crippen molar-refractivity contribution in [3.63, 3.8) is 0 Å². The molecule has 0 fully saturated rings. The van der Waals surface area contributed by atoms with Crippen molar-refractivity contribution in [1.29, 1.82) is 0 Å². The summed E-state index contributed by atoms with van der Waals surface area (Å²) in [6.07, 6.45) is 1.40. The molecule has 0 saturated heterocycles. The van der Waals surface area contributed by atoms with E-state index in [-0.39, 0.29) is 12.3 Å². The number of nitrogens with zero attached hydrogens (tertiary/aromatic N) is 3. The number of esters is 1. The molecule has 0 aliphatic heterocycles. The molecule has 28 heavy (non-hydrogen) atoms. The number of hydrogen-bond donors (Lipinski definition) is 0. The van der Waals surface area contributed by atoms with Crippen LogP contribution in [0.3, 0.4) is 0 Å². The molecule has 0 bridgehead atoms. The number of furan rings is 1. The van der Waals surface area contributed by atoms with Crippen LogP contribution in [0.2, 0.25) is 0 Å². The van der Waals surface area contributed by atoms with E-state index >= 15 is 0 Å². The Morgan fingerprint density at radius 3 is 2.68 bits per heavy atom. The van der Waals surface area contributed by atoms with Gasteiger partial charge < -0.3 is 13.7 Å². The quantitative estimate of drug-likeness (QED) is 0.433. The first kappa shape index (κ1) is 16.2. The molecule has 7 heteroatoms. The molecule has 0 aliphatic rings. The van der Waals surface area contributed by atoms with E-state index in [2.05, 4.69) is 15.1 Å². The molecule has 0 spiro atoms. The first-order valence-electron chi connectivity index (χ1n) is 8.60. The topological polar surface area (TPSA) is 91.2 Å². The van der Waals surface area contributed by atoms with Crippen LogP contribution >= 0.6 is 0 Å². The number of para-hydroxylation sites is 3. The molecule has 136 valence electrons. The fourth-order valence-corrected chi connectivity index (χ4v) is 2.87. The number of rotatable bonds is 4. The molecule has 5 aromatic rings. The van der Waals surface area contributed by atoms with Gasteiger partial charge in [-0.15, -0.1) is 0 Å². The van der Waals surface area contributed by atoms with Crippen LogP contribution in [0.5, 0.6) is 0 Å². The lowest BCUT2D eigenvalue weighted by Crippen LogP contribution is -2.08. The summed E-state index contributed by atoms with van der Waals surface area (Å²) >= 11 is 0. The Morgan fingerprint density at radius 2 is 1.79 bits per heavy atom. The summed E-state index contributed by atoms with van der Waals surface area (Å²) in [6, 6.07) is 18.5. The maximum Gasteiger partial charge on any atom is 0.358 e. The standard InChI is InChI=1S/C21H13N3O4/c25-21(17-11-22-15-6-2-3-7-16(15)23-17)26-12-14-10-20(28-24-14)19-9-13-5-1-4-8-18(13)27-19/h1-11H,12H2. The lowest BCUT2D eigenvalue weighted by molar-refractivity contribution is 0.0457. The fraction of sp³-hybridized carbons (Fsp3) is 0.0476. The first-order chi connectivity index (χ1) is 13.8. The highest BCUT2D eigenvalue weighted by molar-refractivity contribution is 5.89. The molecule has 0 amide bonds. The fourth-order valence-electron chi connectivity index (χ4n) is 2.87. The normalized spacial score (nSPS) is 11.1. The van der Waals surface area contributed by atoms with Crippen LogP contribution in [0.15, 0.2) is 75.8 Å². The van der Waals surface area contributed by atoms with Crippen LogP contribution in [-0.2, 0) is 11.3 Å². The summed E-state index contributed by atoms with van der Waals surface area (Å²) in [4.78, 5) is 20.7. The van der Waals surface area contributed by atoms with Gasteiger partial charge in [-0.05, 0) is 24.3 Å². The predicted molar refractivity (Wildman–Crippen MR) is 100 cm³/mol. The third-order valence-corrected chi connectivity index (χ3v) is 4.24. The van der Waals surface area contributed by atoms with Crippen LogP contribution in [-0.4, -0.2) is 21.1 Å². The molecule has 7 nitrogen and oxygen atoms in total. The average Bonchev–Trinajstić information content (AvgIpc) is 3.38. The van der Waals surface area contributed by atoms with Crippen LogP contribution in [0.25, 0.3) is 33.5 Å². The molecule has 0 saturated carbocycles. The van der Waals surface area contributed by atoms with E-state index in [1.165, 1.54) is 6.20 Å². The molecule has 0 aliphatic carbocycles. The van der Waals surface area contributed by atoms with Crippen LogP contribution in [0.1, 0.15) is 16.2 Å². The van der Waals surface area contributed by atoms with Crippen LogP contribution in [0, 0.1) is 0 Å². The zero-order chi connectivity index (χ0) is 18.9. The second-order valence-corrected chi connectivity index (χ2v) is 6.15. The smallest absolute Gasteiger partial charge is 0.358 e. The minimum absolute atomic E-state index is 0.0446. The maximum atomic E-state index is 12.3. The summed E-state index contributed by atoms with van der Waals surface area (Å²) in [6.45, 7) is -0.0446. The van der Waals surface area contributed by atoms with Crippen molar-refractivity contribution in [3.8, 4) is 11.5 Å². The Hall–Kier alpha value is -4.00. The van der Waals surface area contributed by atoms with E-state index < -0.39 is 5.97 Å². The van der Waals surface area contributed by atoms with Gasteiger partial charge in [0, 0.05) is 11.5 Å². The van der Waals surface area contributed by atoms with Crippen molar-refractivity contribution in [2.24, 2.45) is 0 Å². The van der Waals surface area contributed by atoms with E-state index in [1.807, 2.05) is 48.5 Å². The number of fused-ring (bicyclic) bond motifs is 2. The predicted octanol–water partition coefficient (Wildman–Crippen LogP) is 4.39. The minimum Gasteiger partial charge on any atom is -0.454 e. The van der Waals surface area contributed by atoms with Gasteiger partial charge in [0.25, 0.3) is 0 Å². The van der Waals surface area contributed by atoms with E-state index in [1.54, 1.807) is 12.1 Å². The summed E-state index contributed by atoms with van der Waals surface area (Å²) in [5.41, 5.74) is 2.71. The van der Waals surface area contributed by atoms with Gasteiger partial charge in [0.05, 0.1) is 17.2 Å². The van der Waals surface area contributed by atoms with Crippen LogP contribution in [0.4, 0.5) is 0 Å². The van der Waals surface area contributed by atoms with Crippen LogP contribution < -0.4 is 0 Å². The lowest BCUT2D eigenvalue weighted by atomic mass is 10.2. The van der Waals surface area contributed by atoms with Gasteiger partial charge >= 0.3 is 5.97 Å². The van der Waals surface area contributed by atoms with Crippen molar-refractivity contribution in [1.82, 2.24) is 15.1 Å². The molecular formula is C21H13N3O4. The van der Waals surface area contributed by atoms with E-state index in [0.717, 1.165) is 11.0 Å². The Labute approximate surface area is 158 Å². The van der Waals surface area contributed by atoms with Gasteiger partial charge in [-0.3, -0.25) is 4.98 Å². The largest absolute Gasteiger partial charge is 0.454 e. The number of ether oxygens (including phenoxy) is 1. The molecule has 0 N–H and O–H groups in total. The van der Waals surface area contributed by atoms with Crippen molar-refractivity contribution >= 4 is 28.0 Å². The highest BCUT2D eigenvalue weighted by Gasteiger charge is 2.15. The molecular weight excluding hydrogens is 358 g/mol. The van der Waals surface area contributed by atoms with E-state index in [9.17, 15) is 4.79 Å². The van der Waals surface area contributed by atoms with Gasteiger partial charge in [-0.2, -0.15) is 0 Å². The van der Waals surface area contributed by atoms with Gasteiger partial charge in [0.1, 0.15) is 17.9 Å². The highest BCUT2D eigenvalue weighted by Crippen LogP contribution is 2.28. The molecule has 3 aromatic heterocycles. The lowest BCUT2D eigenvalue weighted by Gasteiger charge is -2.02. The van der Waals surface area contributed by atoms with Crippen molar-refractivity contribution in [2.75, 3.05) is 0 Å². The first-order valence-corrected chi connectivity index (χ1v) is 8.60. The van der Waals surface area contributed by atoms with Gasteiger partial charge in [-0.1, -0.05) is 35.5 Å². The van der Waals surface area contributed by atoms with Gasteiger partial charge in [-0.25, -0.2) is 9.78 Å². The number of carbonyl (C=O) groups is 1. The molecule has 0 atom stereocenters. The van der Waals surface area contributed by atoms with Gasteiger partial charge in [0.2, 0.25) is 5.76 Å². The molecule has 5 rings (SSSR count). The van der Waals surface area contributed by atoms with E-state index in [0.29, 0.717) is 28.2 Å². The zero-order valence-corrected chi connectivity index (χ0v) is 14.5. The second kappa shape index (κ2) is 6.62. The summed E-state index contributed by atoms with van der Waals surface area (Å²) < 4.78 is 16.3. The molecule has 0 radical (unpaired) electrons. The van der Waals surface area contributed by atoms with Crippen molar-refractivity contribution < 1.29 is 18.5 Å². The Balaban J connectivity index is 1.30. The Kier molecular flexibility index (Phi) is 3.83. The number of carbonyl (C=O) groups excluding carboxylic acids is 1. The second-order valence-electron chi connectivity index (χ2n) is 6.15. The monoisotopic (exact) mass is 371 g/mol. The molecule has 2 aromatic carbocycles. The maximum absolute atomic E-state index is 12.3. The SMILES string of the molecule is O=C(OCc1cc(-c2cc3ccccc3o2)on1)c1cnc2ccccc2n1. The minimum atomic E-state index is -0.577. The number of aromatic nitrogens is 3. The Bertz CT molecular complexity index is 1270. The molecule has 0 unspecified atom stereocenters. The zero-order valence-electron chi connectivity index (χ0n) is 14.5. The number of benzene rings is 2. The van der Waals surface area contributed by atoms with E-state index in [4.69, 9.17) is 13.7 Å². The van der Waals surface area contributed by atoms with Crippen molar-refractivity contribution in [3.05, 3.63) is 78.2 Å². The Morgan fingerprint density at radius 1 is 0.964 bits per heavy atom. The highest BCUT2D eigenvalue weighted by atomic mass is 16.5. The summed E-state index contributed by atoms with van der Waals surface area (Å²) in [5, 5.41) is 4.90. The average molecular weight is 371 g/mol. The third kappa shape index (κ3) is 2.99. The number of hydrogen-bond acceptors (Lipinski definition) is 7. The van der Waals surface area contributed by atoms with Crippen molar-refractivity contribution in [2.45, 2.75) is 6.61 Å². The van der Waals surface area contributed by atoms with Gasteiger partial charge in [0.15, 0.2) is 11.5 Å².